The summed E-state index contributed by atoms with van der Waals surface area (Å²) in [7, 11) is 1.94. The quantitative estimate of drug-likeness (QED) is 0.760. The topological polar surface area (TPSA) is 32.3 Å². The molecule has 2 N–H and O–H groups in total. The fourth-order valence-electron chi connectivity index (χ4n) is 1.52. The van der Waals surface area contributed by atoms with E-state index >= 15 is 0 Å². The SMILES string of the molecule is CCCc1ccc(C(CCO)NC)s1. The highest BCUT2D eigenvalue weighted by Crippen LogP contribution is 2.25. The molecular formula is C11H19NOS. The second kappa shape index (κ2) is 6.17. The maximum absolute atomic E-state index is 8.90. The molecule has 14 heavy (non-hydrogen) atoms. The predicted molar refractivity (Wildman–Crippen MR) is 61.8 cm³/mol. The van der Waals surface area contributed by atoms with Crippen molar-refractivity contribution in [1.29, 1.82) is 0 Å². The van der Waals surface area contributed by atoms with E-state index < -0.39 is 0 Å². The molecule has 1 aromatic rings. The van der Waals surface area contributed by atoms with Crippen LogP contribution in [0.4, 0.5) is 0 Å². The largest absolute Gasteiger partial charge is 0.396 e. The molecule has 0 bridgehead atoms. The number of aliphatic hydroxyl groups is 1. The van der Waals surface area contributed by atoms with Crippen LogP contribution in [0.2, 0.25) is 0 Å². The summed E-state index contributed by atoms with van der Waals surface area (Å²) in [5, 5.41) is 12.1. The fourth-order valence-corrected chi connectivity index (χ4v) is 2.78. The highest BCUT2D eigenvalue weighted by Gasteiger charge is 2.10. The van der Waals surface area contributed by atoms with Crippen LogP contribution < -0.4 is 5.32 Å². The first kappa shape index (κ1) is 11.7. The van der Waals surface area contributed by atoms with E-state index in [9.17, 15) is 0 Å². The Morgan fingerprint density at radius 1 is 1.50 bits per heavy atom. The molecule has 0 aliphatic heterocycles. The van der Waals surface area contributed by atoms with E-state index in [-0.39, 0.29) is 6.61 Å². The summed E-state index contributed by atoms with van der Waals surface area (Å²) in [6.07, 6.45) is 3.16. The molecule has 0 spiro atoms. The number of nitrogens with one attached hydrogen (secondary N) is 1. The molecule has 0 aliphatic carbocycles. The third-order valence-corrected chi connectivity index (χ3v) is 3.55. The Labute approximate surface area is 90.0 Å². The highest BCUT2D eigenvalue weighted by molar-refractivity contribution is 7.12. The van der Waals surface area contributed by atoms with Gasteiger partial charge in [-0.3, -0.25) is 0 Å². The molecule has 0 saturated carbocycles. The molecule has 0 radical (unpaired) electrons. The smallest absolute Gasteiger partial charge is 0.0449 e. The molecule has 0 saturated heterocycles. The Morgan fingerprint density at radius 3 is 2.86 bits per heavy atom. The highest BCUT2D eigenvalue weighted by atomic mass is 32.1. The molecule has 0 fully saturated rings. The Morgan fingerprint density at radius 2 is 2.29 bits per heavy atom. The summed E-state index contributed by atoms with van der Waals surface area (Å²) >= 11 is 1.86. The summed E-state index contributed by atoms with van der Waals surface area (Å²) in [4.78, 5) is 2.78. The van der Waals surface area contributed by atoms with Crippen molar-refractivity contribution in [1.82, 2.24) is 5.32 Å². The Hall–Kier alpha value is -0.380. The number of aryl methyl sites for hydroxylation is 1. The lowest BCUT2D eigenvalue weighted by Gasteiger charge is -2.12. The van der Waals surface area contributed by atoms with Gasteiger partial charge in [0.1, 0.15) is 0 Å². The third-order valence-electron chi connectivity index (χ3n) is 2.29. The molecular weight excluding hydrogens is 194 g/mol. The molecule has 2 nitrogen and oxygen atoms in total. The van der Waals surface area contributed by atoms with Crippen molar-refractivity contribution >= 4 is 11.3 Å². The number of rotatable bonds is 6. The van der Waals surface area contributed by atoms with Gasteiger partial charge in [0.05, 0.1) is 0 Å². The summed E-state index contributed by atoms with van der Waals surface area (Å²) in [6, 6.07) is 4.69. The lowest BCUT2D eigenvalue weighted by molar-refractivity contribution is 0.269. The minimum Gasteiger partial charge on any atom is -0.396 e. The predicted octanol–water partition coefficient (Wildman–Crippen LogP) is 2.34. The van der Waals surface area contributed by atoms with E-state index in [1.807, 2.05) is 18.4 Å². The monoisotopic (exact) mass is 213 g/mol. The zero-order chi connectivity index (χ0) is 10.4. The van der Waals surface area contributed by atoms with Crippen molar-refractivity contribution in [3.63, 3.8) is 0 Å². The van der Waals surface area contributed by atoms with Gasteiger partial charge in [-0.2, -0.15) is 0 Å². The summed E-state index contributed by atoms with van der Waals surface area (Å²) in [5.41, 5.74) is 0. The molecule has 1 rings (SSSR count). The second-order valence-corrected chi connectivity index (χ2v) is 4.61. The Kier molecular flexibility index (Phi) is 5.15. The minimum atomic E-state index is 0.243. The van der Waals surface area contributed by atoms with Gasteiger partial charge in [-0.25, -0.2) is 0 Å². The second-order valence-electron chi connectivity index (χ2n) is 3.41. The maximum atomic E-state index is 8.90. The first-order chi connectivity index (χ1) is 6.81. The van der Waals surface area contributed by atoms with Gasteiger partial charge in [-0.1, -0.05) is 13.3 Å². The number of hydrogen-bond donors (Lipinski definition) is 2. The zero-order valence-corrected chi connectivity index (χ0v) is 9.73. The lowest BCUT2D eigenvalue weighted by Crippen LogP contribution is -2.16. The van der Waals surface area contributed by atoms with Gasteiger partial charge < -0.3 is 10.4 Å². The molecule has 0 aromatic carbocycles. The van der Waals surface area contributed by atoms with Gasteiger partial charge in [0.2, 0.25) is 0 Å². The minimum absolute atomic E-state index is 0.243. The molecule has 1 aromatic heterocycles. The van der Waals surface area contributed by atoms with Crippen molar-refractivity contribution in [3.05, 3.63) is 21.9 Å². The molecule has 1 heterocycles. The van der Waals surface area contributed by atoms with Gasteiger partial charge >= 0.3 is 0 Å². The fraction of sp³-hybridized carbons (Fsp3) is 0.636. The van der Waals surface area contributed by atoms with Crippen LogP contribution in [0.15, 0.2) is 12.1 Å². The van der Waals surface area contributed by atoms with Gasteiger partial charge in [0.15, 0.2) is 0 Å². The normalized spacial score (nSPS) is 13.1. The summed E-state index contributed by atoms with van der Waals surface area (Å²) in [6.45, 7) is 2.44. The molecule has 1 atom stereocenters. The van der Waals surface area contributed by atoms with Gasteiger partial charge in [-0.05, 0) is 32.0 Å². The van der Waals surface area contributed by atoms with E-state index in [2.05, 4.69) is 24.4 Å². The summed E-state index contributed by atoms with van der Waals surface area (Å²) < 4.78 is 0. The van der Waals surface area contributed by atoms with Crippen molar-refractivity contribution in [2.75, 3.05) is 13.7 Å². The van der Waals surface area contributed by atoms with Gasteiger partial charge in [-0.15, -0.1) is 11.3 Å². The third kappa shape index (κ3) is 3.08. The molecule has 80 valence electrons. The molecule has 3 heteroatoms. The Balaban J connectivity index is 2.63. The van der Waals surface area contributed by atoms with E-state index in [4.69, 9.17) is 5.11 Å². The first-order valence-electron chi connectivity index (χ1n) is 5.18. The zero-order valence-electron chi connectivity index (χ0n) is 8.92. The first-order valence-corrected chi connectivity index (χ1v) is 6.00. The van der Waals surface area contributed by atoms with Crippen molar-refractivity contribution in [2.24, 2.45) is 0 Å². The van der Waals surface area contributed by atoms with Crippen LogP contribution in [-0.4, -0.2) is 18.8 Å². The number of thiophene rings is 1. The van der Waals surface area contributed by atoms with Crippen molar-refractivity contribution < 1.29 is 5.11 Å². The van der Waals surface area contributed by atoms with Gasteiger partial charge in [0.25, 0.3) is 0 Å². The van der Waals surface area contributed by atoms with Crippen molar-refractivity contribution in [2.45, 2.75) is 32.2 Å². The average Bonchev–Trinajstić information content (AvgIpc) is 2.63. The van der Waals surface area contributed by atoms with Crippen LogP contribution in [0, 0.1) is 0 Å². The maximum Gasteiger partial charge on any atom is 0.0449 e. The van der Waals surface area contributed by atoms with Crippen LogP contribution in [-0.2, 0) is 6.42 Å². The average molecular weight is 213 g/mol. The van der Waals surface area contributed by atoms with Crippen LogP contribution in [0.3, 0.4) is 0 Å². The van der Waals surface area contributed by atoms with Crippen LogP contribution >= 0.6 is 11.3 Å². The van der Waals surface area contributed by atoms with E-state index in [1.165, 1.54) is 22.6 Å². The summed E-state index contributed by atoms with van der Waals surface area (Å²) in [5.74, 6) is 0. The van der Waals surface area contributed by atoms with Crippen LogP contribution in [0.5, 0.6) is 0 Å². The standard InChI is InChI=1S/C11H19NOS/c1-3-4-9-5-6-11(14-9)10(12-2)7-8-13/h5-6,10,12-13H,3-4,7-8H2,1-2H3. The Bertz CT molecular complexity index is 260. The van der Waals surface area contributed by atoms with E-state index in [0.717, 1.165) is 6.42 Å². The van der Waals surface area contributed by atoms with Crippen LogP contribution in [0.1, 0.15) is 35.6 Å². The van der Waals surface area contributed by atoms with E-state index in [1.54, 1.807) is 0 Å². The van der Waals surface area contributed by atoms with Crippen molar-refractivity contribution in [3.8, 4) is 0 Å². The number of hydrogen-bond acceptors (Lipinski definition) is 3. The number of aliphatic hydroxyl groups excluding tert-OH is 1. The molecule has 0 amide bonds. The lowest BCUT2D eigenvalue weighted by atomic mass is 10.2. The molecule has 1 unspecified atom stereocenters. The van der Waals surface area contributed by atoms with E-state index in [0.29, 0.717) is 6.04 Å². The van der Waals surface area contributed by atoms with Gasteiger partial charge in [0, 0.05) is 22.4 Å². The molecule has 0 aliphatic rings. The van der Waals surface area contributed by atoms with Crippen LogP contribution in [0.25, 0.3) is 0 Å².